The number of amides is 4. The number of carboxylic acids is 1. The topological polar surface area (TPSA) is 211 Å². The molecule has 1 heterocycles. The quantitative estimate of drug-likeness (QED) is 0.0786. The highest BCUT2D eigenvalue weighted by Crippen LogP contribution is 2.20. The van der Waals surface area contributed by atoms with Crippen molar-refractivity contribution in [2.45, 2.75) is 137 Å². The van der Waals surface area contributed by atoms with Gasteiger partial charge in [-0.15, -0.1) is 0 Å². The van der Waals surface area contributed by atoms with Crippen LogP contribution in [0.3, 0.4) is 0 Å². The molecule has 1 unspecified atom stereocenters. The van der Waals surface area contributed by atoms with Crippen LogP contribution in [0.5, 0.6) is 0 Å². The van der Waals surface area contributed by atoms with Crippen LogP contribution in [-0.4, -0.2) is 97.1 Å². The molecule has 0 fully saturated rings. The summed E-state index contributed by atoms with van der Waals surface area (Å²) < 4.78 is 18.8. The fourth-order valence-corrected chi connectivity index (χ4v) is 6.49. The smallest absolute Gasteiger partial charge is 0.410 e. The average molecular weight is 851 g/mol. The lowest BCUT2D eigenvalue weighted by molar-refractivity contribution is -0.144. The molecule has 2 aromatic carbocycles. The molecule has 0 bridgehead atoms. The number of hydrogen-bond acceptors (Lipinski definition) is 10. The number of nitrogens with zero attached hydrogens (tertiary/aromatic N) is 3. The lowest BCUT2D eigenvalue weighted by atomic mass is 9.96. The molecule has 0 aliphatic rings. The van der Waals surface area contributed by atoms with Gasteiger partial charge in [-0.05, 0) is 62.5 Å². The molecule has 0 saturated heterocycles. The van der Waals surface area contributed by atoms with Crippen LogP contribution in [-0.2, 0) is 55.0 Å². The first kappa shape index (κ1) is 49.9. The summed E-state index contributed by atoms with van der Waals surface area (Å²) >= 11 is 0. The van der Waals surface area contributed by atoms with Crippen LogP contribution in [0.2, 0.25) is 0 Å². The van der Waals surface area contributed by atoms with E-state index < -0.39 is 78.3 Å². The van der Waals surface area contributed by atoms with Gasteiger partial charge in [0.25, 0.3) is 0 Å². The Morgan fingerprint density at radius 3 is 1.93 bits per heavy atom. The SMILES string of the molecule is CC(C)C[C@H](NC(=O)[C@H](Cc1cncn1COCc1ccccc1)NC(=O)OC(C)(C)C)C(O)CN(C(=O)OCc1ccccc1)[C@@H](CC(C)C)C(=O)N[C@@H](C(=O)O)C(C)C. The summed E-state index contributed by atoms with van der Waals surface area (Å²) in [6.45, 7) is 15.8. The second-order valence-electron chi connectivity index (χ2n) is 17.4. The number of aliphatic hydroxyl groups excluding tert-OH is 1. The van der Waals surface area contributed by atoms with Crippen molar-refractivity contribution in [2.75, 3.05) is 6.54 Å². The number of imidazole rings is 1. The molecule has 16 heteroatoms. The van der Waals surface area contributed by atoms with E-state index in [1.807, 2.05) is 64.1 Å². The third kappa shape index (κ3) is 17.6. The molecule has 5 atom stereocenters. The van der Waals surface area contributed by atoms with E-state index in [0.29, 0.717) is 17.9 Å². The number of nitrogens with one attached hydrogen (secondary N) is 3. The van der Waals surface area contributed by atoms with Gasteiger partial charge in [0.05, 0.1) is 31.6 Å². The first-order chi connectivity index (χ1) is 28.7. The Hall–Kier alpha value is -5.48. The molecule has 3 rings (SSSR count). The zero-order valence-electron chi connectivity index (χ0n) is 37.0. The maximum atomic E-state index is 14.3. The zero-order valence-corrected chi connectivity index (χ0v) is 37.0. The Labute approximate surface area is 359 Å². The first-order valence-corrected chi connectivity index (χ1v) is 20.8. The molecule has 3 aromatic rings. The second kappa shape index (κ2) is 24.1. The number of aliphatic hydroxyl groups is 1. The summed E-state index contributed by atoms with van der Waals surface area (Å²) in [4.78, 5) is 73.0. The Morgan fingerprint density at radius 1 is 0.803 bits per heavy atom. The van der Waals surface area contributed by atoms with Crippen molar-refractivity contribution in [3.05, 3.63) is 90.0 Å². The molecule has 61 heavy (non-hydrogen) atoms. The molecule has 5 N–H and O–H groups in total. The maximum Gasteiger partial charge on any atom is 0.410 e. The number of benzene rings is 2. The lowest BCUT2D eigenvalue weighted by Crippen LogP contribution is -2.59. The predicted octanol–water partition coefficient (Wildman–Crippen LogP) is 5.66. The highest BCUT2D eigenvalue weighted by Gasteiger charge is 2.38. The summed E-state index contributed by atoms with van der Waals surface area (Å²) in [6, 6.07) is 13.8. The van der Waals surface area contributed by atoms with Gasteiger partial charge in [-0.2, -0.15) is 0 Å². The van der Waals surface area contributed by atoms with Crippen molar-refractivity contribution in [3.8, 4) is 0 Å². The molecule has 0 saturated carbocycles. The van der Waals surface area contributed by atoms with Crippen molar-refractivity contribution in [1.29, 1.82) is 0 Å². The van der Waals surface area contributed by atoms with Crippen LogP contribution in [0.25, 0.3) is 0 Å². The molecule has 1 aromatic heterocycles. The number of ether oxygens (including phenoxy) is 3. The normalized spacial score (nSPS) is 14.1. The first-order valence-electron chi connectivity index (χ1n) is 20.8. The van der Waals surface area contributed by atoms with E-state index in [0.717, 1.165) is 10.5 Å². The fourth-order valence-electron chi connectivity index (χ4n) is 6.49. The highest BCUT2D eigenvalue weighted by molar-refractivity contribution is 5.89. The Morgan fingerprint density at radius 2 is 1.39 bits per heavy atom. The third-order valence-electron chi connectivity index (χ3n) is 9.51. The molecule has 0 aliphatic heterocycles. The molecule has 4 amide bonds. The number of alkyl carbamates (subject to hydrolysis) is 1. The minimum absolute atomic E-state index is 0.0283. The lowest BCUT2D eigenvalue weighted by Gasteiger charge is -2.36. The summed E-state index contributed by atoms with van der Waals surface area (Å²) in [7, 11) is 0. The standard InChI is InChI=1S/C45H66N6O10/c1-29(2)20-35(47-40(53)36(48-43(57)61-45(7,8)9)22-34-23-46-27-50(34)28-59-25-32-16-12-10-13-17-32)38(52)24-51(44(58)60-26-33-18-14-11-15-19-33)37(21-30(3)4)41(54)49-39(31(5)6)42(55)56/h10-19,23,27,29-31,35-39,52H,20-22,24-26,28H2,1-9H3,(H,47,53)(H,48,57)(H,49,54)(H,55,56)/t35-,36-,37-,38?,39+/m0/s1. The number of carbonyl (C=O) groups is 5. The molecule has 0 radical (unpaired) electrons. The van der Waals surface area contributed by atoms with Crippen molar-refractivity contribution in [2.24, 2.45) is 17.8 Å². The fraction of sp³-hybridized carbons (Fsp3) is 0.556. The van der Waals surface area contributed by atoms with Gasteiger partial charge in [-0.3, -0.25) is 14.5 Å². The minimum atomic E-state index is -1.46. The van der Waals surface area contributed by atoms with Gasteiger partial charge < -0.3 is 44.9 Å². The van der Waals surface area contributed by atoms with E-state index in [1.54, 1.807) is 76.0 Å². The largest absolute Gasteiger partial charge is 0.480 e. The van der Waals surface area contributed by atoms with E-state index in [-0.39, 0.29) is 44.4 Å². The van der Waals surface area contributed by atoms with Crippen molar-refractivity contribution >= 4 is 30.0 Å². The summed E-state index contributed by atoms with van der Waals surface area (Å²) in [6.07, 6.45) is 0.226. The Bertz CT molecular complexity index is 1830. The minimum Gasteiger partial charge on any atom is -0.480 e. The predicted molar refractivity (Wildman–Crippen MR) is 229 cm³/mol. The number of carboxylic acid groups (broad SMARTS) is 1. The third-order valence-corrected chi connectivity index (χ3v) is 9.51. The van der Waals surface area contributed by atoms with Crippen molar-refractivity contribution < 1.29 is 48.4 Å². The maximum absolute atomic E-state index is 14.3. The van der Waals surface area contributed by atoms with E-state index in [1.165, 1.54) is 0 Å². The van der Waals surface area contributed by atoms with Gasteiger partial charge >= 0.3 is 18.2 Å². The van der Waals surface area contributed by atoms with Crippen LogP contribution in [0, 0.1) is 17.8 Å². The Balaban J connectivity index is 1.95. The number of carbonyl (C=O) groups excluding carboxylic acids is 4. The van der Waals surface area contributed by atoms with Gasteiger partial charge in [0, 0.05) is 18.3 Å². The summed E-state index contributed by atoms with van der Waals surface area (Å²) in [5, 5.41) is 30.1. The summed E-state index contributed by atoms with van der Waals surface area (Å²) in [5.41, 5.74) is 1.36. The average Bonchev–Trinajstić information content (AvgIpc) is 3.62. The monoisotopic (exact) mass is 850 g/mol. The van der Waals surface area contributed by atoms with E-state index in [4.69, 9.17) is 14.2 Å². The molecule has 0 aliphatic carbocycles. The molecular formula is C45H66N6O10. The molecule has 0 spiro atoms. The number of aliphatic carboxylic acids is 1. The molecular weight excluding hydrogens is 785 g/mol. The summed E-state index contributed by atoms with van der Waals surface area (Å²) in [5.74, 6) is -3.31. The van der Waals surface area contributed by atoms with Crippen LogP contribution < -0.4 is 16.0 Å². The second-order valence-corrected chi connectivity index (χ2v) is 17.4. The molecule has 336 valence electrons. The number of aromatic nitrogens is 2. The van der Waals surface area contributed by atoms with Crippen molar-refractivity contribution in [1.82, 2.24) is 30.4 Å². The molecule has 16 nitrogen and oxygen atoms in total. The van der Waals surface area contributed by atoms with E-state index in [2.05, 4.69) is 20.9 Å². The van der Waals surface area contributed by atoms with Gasteiger partial charge in [0.15, 0.2) is 0 Å². The number of rotatable bonds is 23. The number of hydrogen-bond donors (Lipinski definition) is 5. The van der Waals surface area contributed by atoms with E-state index in [9.17, 15) is 34.2 Å². The van der Waals surface area contributed by atoms with Crippen LogP contribution in [0.4, 0.5) is 9.59 Å². The van der Waals surface area contributed by atoms with Crippen LogP contribution in [0.1, 0.15) is 92.0 Å². The highest BCUT2D eigenvalue weighted by atomic mass is 16.6. The van der Waals surface area contributed by atoms with Crippen LogP contribution in [0.15, 0.2) is 73.2 Å². The van der Waals surface area contributed by atoms with E-state index >= 15 is 0 Å². The zero-order chi connectivity index (χ0) is 45.3. The Kier molecular flexibility index (Phi) is 19.7. The van der Waals surface area contributed by atoms with Crippen LogP contribution >= 0.6 is 0 Å². The van der Waals surface area contributed by atoms with Gasteiger partial charge in [-0.1, -0.05) is 102 Å². The van der Waals surface area contributed by atoms with Crippen molar-refractivity contribution in [3.63, 3.8) is 0 Å². The van der Waals surface area contributed by atoms with Gasteiger partial charge in [-0.25, -0.2) is 19.4 Å². The van der Waals surface area contributed by atoms with Gasteiger partial charge in [0.1, 0.15) is 37.1 Å². The van der Waals surface area contributed by atoms with Gasteiger partial charge in [0.2, 0.25) is 11.8 Å².